The molecule has 0 saturated carbocycles. The molecule has 0 aromatic rings. The second-order valence-electron chi connectivity index (χ2n) is 1.17. The molecule has 0 rings (SSSR count). The molecule has 48 valence electrons. The molecule has 0 saturated heterocycles. The Balaban J connectivity index is 4.32. The van der Waals surface area contributed by atoms with Crippen LogP contribution in [-0.2, 0) is 4.79 Å². The molecule has 0 atom stereocenters. The van der Waals surface area contributed by atoms with Gasteiger partial charge in [-0.25, -0.2) is 0 Å². The summed E-state index contributed by atoms with van der Waals surface area (Å²) in [5, 5.41) is -0.620. The van der Waals surface area contributed by atoms with Crippen molar-refractivity contribution in [2.24, 2.45) is 4.99 Å². The van der Waals surface area contributed by atoms with Gasteiger partial charge >= 0.3 is 0 Å². The zero-order valence-electron chi connectivity index (χ0n) is 4.80. The lowest BCUT2D eigenvalue weighted by Crippen LogP contribution is -2.01. The molecular weight excluding hydrogens is 138 g/mol. The van der Waals surface area contributed by atoms with Gasteiger partial charge in [-0.15, -0.1) is 0 Å². The first-order valence-corrected chi connectivity index (χ1v) is 2.61. The van der Waals surface area contributed by atoms with E-state index in [-0.39, 0.29) is 5.71 Å². The Hall–Kier alpha value is -0.890. The van der Waals surface area contributed by atoms with Crippen molar-refractivity contribution >= 4 is 22.6 Å². The van der Waals surface area contributed by atoms with Gasteiger partial charge in [-0.2, -0.15) is 0 Å². The number of carbonyl (C=O) groups excluding carboxylic acids is 1. The van der Waals surface area contributed by atoms with E-state index in [0.29, 0.717) is 0 Å². The molecular formula is C6H6ClNO. The summed E-state index contributed by atoms with van der Waals surface area (Å²) >= 11 is 5.03. The molecule has 0 radical (unpaired) electrons. The molecule has 0 N–H and O–H groups in total. The third-order valence-corrected chi connectivity index (χ3v) is 0.819. The summed E-state index contributed by atoms with van der Waals surface area (Å²) in [4.78, 5) is 13.8. The molecule has 0 heterocycles. The van der Waals surface area contributed by atoms with Crippen LogP contribution >= 0.6 is 11.6 Å². The Morgan fingerprint density at radius 3 is 2.22 bits per heavy atom. The van der Waals surface area contributed by atoms with Crippen LogP contribution in [0.25, 0.3) is 0 Å². The van der Waals surface area contributed by atoms with Gasteiger partial charge in [0.1, 0.15) is 5.71 Å². The molecule has 9 heavy (non-hydrogen) atoms. The molecule has 0 aromatic heterocycles. The predicted molar refractivity (Wildman–Crippen MR) is 38.7 cm³/mol. The summed E-state index contributed by atoms with van der Waals surface area (Å²) in [7, 11) is 0. The molecule has 0 fully saturated rings. The number of nitrogens with zero attached hydrogens (tertiary/aromatic N) is 1. The van der Waals surface area contributed by atoms with Crippen LogP contribution in [0.4, 0.5) is 0 Å². The van der Waals surface area contributed by atoms with Gasteiger partial charge < -0.3 is 0 Å². The van der Waals surface area contributed by atoms with Crippen molar-refractivity contribution in [2.45, 2.75) is 0 Å². The Bertz CT molecular complexity index is 172. The van der Waals surface area contributed by atoms with Gasteiger partial charge in [-0.05, 0) is 17.7 Å². The lowest BCUT2D eigenvalue weighted by atomic mass is 10.4. The standard InChI is InChI=1S/C6H6ClNO/c1-3-5(6(7)9)8-4-2/h3-4H,1-2H2. The number of rotatable bonds is 3. The summed E-state index contributed by atoms with van der Waals surface area (Å²) in [6.45, 7) is 6.60. The number of carbonyl (C=O) groups is 1. The van der Waals surface area contributed by atoms with E-state index in [0.717, 1.165) is 0 Å². The SMILES string of the molecule is C=CN=C(C=C)C(=O)Cl. The van der Waals surface area contributed by atoms with E-state index in [2.05, 4.69) is 18.2 Å². The first-order valence-electron chi connectivity index (χ1n) is 2.23. The number of allylic oxidation sites excluding steroid dienone is 1. The molecule has 0 bridgehead atoms. The van der Waals surface area contributed by atoms with E-state index in [1.807, 2.05) is 0 Å². The van der Waals surface area contributed by atoms with Crippen LogP contribution in [0.15, 0.2) is 30.4 Å². The van der Waals surface area contributed by atoms with Gasteiger partial charge in [-0.1, -0.05) is 13.2 Å². The maximum Gasteiger partial charge on any atom is 0.270 e. The summed E-state index contributed by atoms with van der Waals surface area (Å²) in [6, 6.07) is 0. The van der Waals surface area contributed by atoms with E-state index in [1.54, 1.807) is 0 Å². The molecule has 0 aliphatic rings. The van der Waals surface area contributed by atoms with Gasteiger partial charge in [0.25, 0.3) is 5.24 Å². The van der Waals surface area contributed by atoms with Crippen molar-refractivity contribution in [3.05, 3.63) is 25.4 Å². The summed E-state index contributed by atoms with van der Waals surface area (Å²) in [5.41, 5.74) is 0.117. The van der Waals surface area contributed by atoms with Crippen LogP contribution in [0.3, 0.4) is 0 Å². The van der Waals surface area contributed by atoms with Crippen molar-refractivity contribution in [1.82, 2.24) is 0 Å². The predicted octanol–water partition coefficient (Wildman–Crippen LogP) is 1.52. The number of halogens is 1. The van der Waals surface area contributed by atoms with E-state index in [1.165, 1.54) is 12.3 Å². The molecule has 0 unspecified atom stereocenters. The highest BCUT2D eigenvalue weighted by Gasteiger charge is 1.99. The van der Waals surface area contributed by atoms with Crippen LogP contribution < -0.4 is 0 Å². The van der Waals surface area contributed by atoms with E-state index in [9.17, 15) is 4.79 Å². The fourth-order valence-corrected chi connectivity index (χ4v) is 0.408. The minimum Gasteiger partial charge on any atom is -0.274 e. The van der Waals surface area contributed by atoms with Crippen molar-refractivity contribution in [3.8, 4) is 0 Å². The van der Waals surface area contributed by atoms with Gasteiger partial charge in [-0.3, -0.25) is 9.79 Å². The van der Waals surface area contributed by atoms with Crippen molar-refractivity contribution in [1.29, 1.82) is 0 Å². The molecule has 0 amide bonds. The van der Waals surface area contributed by atoms with Crippen LogP contribution in [0.5, 0.6) is 0 Å². The molecule has 2 nitrogen and oxygen atoms in total. The highest BCUT2D eigenvalue weighted by molar-refractivity contribution is 6.83. The Morgan fingerprint density at radius 1 is 1.56 bits per heavy atom. The maximum absolute atomic E-state index is 10.3. The topological polar surface area (TPSA) is 29.4 Å². The van der Waals surface area contributed by atoms with Crippen molar-refractivity contribution in [2.75, 3.05) is 0 Å². The normalized spacial score (nSPS) is 10.6. The largest absolute Gasteiger partial charge is 0.274 e. The Morgan fingerprint density at radius 2 is 2.11 bits per heavy atom. The lowest BCUT2D eigenvalue weighted by molar-refractivity contribution is -0.106. The smallest absolute Gasteiger partial charge is 0.270 e. The summed E-state index contributed by atoms with van der Waals surface area (Å²) in [5.74, 6) is 0. The fraction of sp³-hybridized carbons (Fsp3) is 0. The van der Waals surface area contributed by atoms with Crippen molar-refractivity contribution < 1.29 is 4.79 Å². The quantitative estimate of drug-likeness (QED) is 0.435. The molecule has 0 spiro atoms. The highest BCUT2D eigenvalue weighted by atomic mass is 35.5. The third kappa shape index (κ3) is 2.82. The van der Waals surface area contributed by atoms with Crippen LogP contribution in [0.1, 0.15) is 0 Å². The van der Waals surface area contributed by atoms with Crippen LogP contribution in [-0.4, -0.2) is 11.0 Å². The minimum atomic E-state index is -0.620. The van der Waals surface area contributed by atoms with Crippen LogP contribution in [0.2, 0.25) is 0 Å². The first kappa shape index (κ1) is 8.11. The van der Waals surface area contributed by atoms with E-state index >= 15 is 0 Å². The monoisotopic (exact) mass is 143 g/mol. The van der Waals surface area contributed by atoms with Gasteiger partial charge in [0, 0.05) is 6.20 Å². The second kappa shape index (κ2) is 4.04. The van der Waals surface area contributed by atoms with E-state index in [4.69, 9.17) is 11.6 Å². The second-order valence-corrected chi connectivity index (χ2v) is 1.52. The summed E-state index contributed by atoms with van der Waals surface area (Å²) in [6.07, 6.45) is 2.51. The zero-order valence-corrected chi connectivity index (χ0v) is 5.56. The van der Waals surface area contributed by atoms with Crippen LogP contribution in [0, 0.1) is 0 Å². The van der Waals surface area contributed by atoms with Crippen molar-refractivity contribution in [3.63, 3.8) is 0 Å². The van der Waals surface area contributed by atoms with Gasteiger partial charge in [0.2, 0.25) is 0 Å². The molecule has 0 aliphatic heterocycles. The highest BCUT2D eigenvalue weighted by Crippen LogP contribution is 1.88. The zero-order chi connectivity index (χ0) is 7.28. The molecule has 3 heteroatoms. The average Bonchev–Trinajstić information content (AvgIpc) is 1.82. The minimum absolute atomic E-state index is 0.117. The van der Waals surface area contributed by atoms with Gasteiger partial charge in [0.05, 0.1) is 0 Å². The molecule has 0 aliphatic carbocycles. The third-order valence-electron chi connectivity index (χ3n) is 0.625. The summed E-state index contributed by atoms with van der Waals surface area (Å²) < 4.78 is 0. The molecule has 0 aromatic carbocycles. The lowest BCUT2D eigenvalue weighted by Gasteiger charge is -1.85. The Labute approximate surface area is 58.5 Å². The first-order chi connectivity index (χ1) is 4.22. The number of aliphatic imine (C=N–C) groups is 1. The number of hydrogen-bond acceptors (Lipinski definition) is 2. The average molecular weight is 144 g/mol. The fourth-order valence-electron chi connectivity index (χ4n) is 0.282. The Kier molecular flexibility index (Phi) is 3.64. The van der Waals surface area contributed by atoms with Gasteiger partial charge in [0.15, 0.2) is 0 Å². The maximum atomic E-state index is 10.3. The number of hydrogen-bond donors (Lipinski definition) is 0. The van der Waals surface area contributed by atoms with E-state index < -0.39 is 5.24 Å².